The molecule has 0 fully saturated rings. The molecule has 0 saturated carbocycles. The van der Waals surface area contributed by atoms with Crippen molar-refractivity contribution in [3.8, 4) is 0 Å². The molecule has 148 valence electrons. The number of nitrogen functional groups attached to an aromatic ring is 1. The number of aromatic nitrogens is 2. The maximum absolute atomic E-state index is 5.74. The second-order valence-electron chi connectivity index (χ2n) is 5.97. The number of nitrogens with zero attached hydrogens (tertiary/aromatic N) is 4. The van der Waals surface area contributed by atoms with Crippen LogP contribution in [0.25, 0.3) is 5.76 Å². The molecule has 2 rings (SSSR count). The van der Waals surface area contributed by atoms with Crippen LogP contribution in [0.1, 0.15) is 25.0 Å². The Kier molecular flexibility index (Phi) is 8.94. The van der Waals surface area contributed by atoms with Crippen molar-refractivity contribution in [2.45, 2.75) is 24.8 Å². The molecule has 0 saturated heterocycles. The molecule has 0 aliphatic carbocycles. The van der Waals surface area contributed by atoms with E-state index in [2.05, 4.69) is 6.58 Å². The van der Waals surface area contributed by atoms with Gasteiger partial charge in [-0.2, -0.15) is 0 Å². The molecule has 0 radical (unpaired) electrons. The fraction of sp³-hybridized carbons (Fsp3) is 0.400. The van der Waals surface area contributed by atoms with E-state index in [4.69, 9.17) is 20.4 Å². The summed E-state index contributed by atoms with van der Waals surface area (Å²) in [7, 11) is 9.39. The Morgan fingerprint density at radius 3 is 1.93 bits per heavy atom. The summed E-state index contributed by atoms with van der Waals surface area (Å²) in [5.74, 6) is 2.88. The Morgan fingerprint density at radius 1 is 1.04 bits per heavy atom. The Balaban J connectivity index is 0.00000176. The largest absolute Gasteiger partial charge is 0.496 e. The van der Waals surface area contributed by atoms with Crippen LogP contribution >= 0.6 is 11.8 Å². The standard InChI is InChI=1S/C18H25N5OS.C2H6/c1-12(24-6)15-16(22(2)3)20-18(21-17(15)23(4)5)25-11-13-7-9-14(19)10-8-13;1-2/h7-10H,1,11,19H2,2-6H3;1-2H3. The molecule has 0 spiro atoms. The lowest BCUT2D eigenvalue weighted by Crippen LogP contribution is -2.20. The summed E-state index contributed by atoms with van der Waals surface area (Å²) >= 11 is 1.58. The van der Waals surface area contributed by atoms with Crippen LogP contribution < -0.4 is 15.5 Å². The van der Waals surface area contributed by atoms with Crippen molar-refractivity contribution in [2.75, 3.05) is 50.8 Å². The van der Waals surface area contributed by atoms with Crippen molar-refractivity contribution in [1.29, 1.82) is 0 Å². The SMILES string of the molecule is C=C(OC)c1c(N(C)C)nc(SCc2ccc(N)cc2)nc1N(C)C.CC. The van der Waals surface area contributed by atoms with Gasteiger partial charge in [0.15, 0.2) is 5.16 Å². The van der Waals surface area contributed by atoms with E-state index in [0.717, 1.165) is 28.6 Å². The van der Waals surface area contributed by atoms with Gasteiger partial charge in [-0.25, -0.2) is 9.97 Å². The first-order valence-electron chi connectivity index (χ1n) is 8.80. The fourth-order valence-corrected chi connectivity index (χ4v) is 3.03. The molecule has 1 aromatic heterocycles. The monoisotopic (exact) mass is 389 g/mol. The van der Waals surface area contributed by atoms with E-state index in [0.29, 0.717) is 10.9 Å². The van der Waals surface area contributed by atoms with E-state index >= 15 is 0 Å². The average Bonchev–Trinajstić information content (AvgIpc) is 2.67. The van der Waals surface area contributed by atoms with E-state index in [1.165, 1.54) is 5.56 Å². The lowest BCUT2D eigenvalue weighted by atomic mass is 10.2. The summed E-state index contributed by atoms with van der Waals surface area (Å²) in [4.78, 5) is 13.3. The van der Waals surface area contributed by atoms with Crippen molar-refractivity contribution in [1.82, 2.24) is 9.97 Å². The number of nitrogens with two attached hydrogens (primary N) is 1. The van der Waals surface area contributed by atoms with Crippen molar-refractivity contribution < 1.29 is 4.74 Å². The van der Waals surface area contributed by atoms with E-state index in [-0.39, 0.29) is 0 Å². The van der Waals surface area contributed by atoms with Gasteiger partial charge >= 0.3 is 0 Å². The number of benzene rings is 1. The van der Waals surface area contributed by atoms with Crippen LogP contribution in [0.15, 0.2) is 36.0 Å². The predicted octanol–water partition coefficient (Wildman–Crippen LogP) is 4.13. The third-order valence-corrected chi connectivity index (χ3v) is 4.49. The van der Waals surface area contributed by atoms with Gasteiger partial charge in [0.25, 0.3) is 0 Å². The van der Waals surface area contributed by atoms with Gasteiger partial charge in [-0.15, -0.1) is 0 Å². The fourth-order valence-electron chi connectivity index (χ4n) is 2.24. The highest BCUT2D eigenvalue weighted by atomic mass is 32.2. The summed E-state index contributed by atoms with van der Waals surface area (Å²) in [5.41, 5.74) is 8.47. The third-order valence-electron chi connectivity index (χ3n) is 3.57. The number of rotatable bonds is 7. The van der Waals surface area contributed by atoms with Gasteiger partial charge in [0, 0.05) is 39.6 Å². The molecular formula is C20H31N5OS. The molecule has 1 heterocycles. The smallest absolute Gasteiger partial charge is 0.191 e. The van der Waals surface area contributed by atoms with Crippen LogP contribution in [-0.4, -0.2) is 45.3 Å². The van der Waals surface area contributed by atoms with Gasteiger partial charge in [-0.3, -0.25) is 0 Å². The molecule has 0 atom stereocenters. The molecule has 2 aromatic rings. The van der Waals surface area contributed by atoms with E-state index in [1.807, 2.05) is 76.1 Å². The minimum Gasteiger partial charge on any atom is -0.496 e. The molecular weight excluding hydrogens is 358 g/mol. The van der Waals surface area contributed by atoms with Crippen molar-refractivity contribution in [2.24, 2.45) is 0 Å². The first kappa shape index (κ1) is 22.6. The lowest BCUT2D eigenvalue weighted by Gasteiger charge is -2.23. The average molecular weight is 390 g/mol. The van der Waals surface area contributed by atoms with Gasteiger partial charge in [0.2, 0.25) is 0 Å². The van der Waals surface area contributed by atoms with Crippen LogP contribution in [-0.2, 0) is 10.5 Å². The molecule has 1 aromatic carbocycles. The molecule has 0 amide bonds. The zero-order valence-electron chi connectivity index (χ0n) is 17.4. The summed E-state index contributed by atoms with van der Waals surface area (Å²) in [6, 6.07) is 7.84. The summed E-state index contributed by atoms with van der Waals surface area (Å²) in [6.45, 7) is 7.99. The molecule has 2 N–H and O–H groups in total. The highest BCUT2D eigenvalue weighted by Gasteiger charge is 2.20. The Hall–Kier alpha value is -2.41. The number of hydrogen-bond donors (Lipinski definition) is 1. The number of anilines is 3. The highest BCUT2D eigenvalue weighted by molar-refractivity contribution is 7.98. The zero-order chi connectivity index (χ0) is 20.6. The summed E-state index contributed by atoms with van der Waals surface area (Å²) in [6.07, 6.45) is 0. The maximum Gasteiger partial charge on any atom is 0.191 e. The number of ether oxygens (including phenoxy) is 1. The first-order chi connectivity index (χ1) is 12.8. The van der Waals surface area contributed by atoms with E-state index in [9.17, 15) is 0 Å². The van der Waals surface area contributed by atoms with Gasteiger partial charge in [0.05, 0.1) is 7.11 Å². The molecule has 0 unspecified atom stereocenters. The Morgan fingerprint density at radius 2 is 1.52 bits per heavy atom. The topological polar surface area (TPSA) is 67.5 Å². The molecule has 0 aliphatic heterocycles. The highest BCUT2D eigenvalue weighted by Crippen LogP contribution is 2.34. The van der Waals surface area contributed by atoms with E-state index in [1.54, 1.807) is 18.9 Å². The van der Waals surface area contributed by atoms with Crippen LogP contribution in [0.3, 0.4) is 0 Å². The lowest BCUT2D eigenvalue weighted by molar-refractivity contribution is 0.371. The van der Waals surface area contributed by atoms with Crippen molar-refractivity contribution in [3.63, 3.8) is 0 Å². The van der Waals surface area contributed by atoms with Crippen LogP contribution in [0, 0.1) is 0 Å². The molecule has 7 heteroatoms. The molecule has 0 aliphatic rings. The first-order valence-corrected chi connectivity index (χ1v) is 9.79. The predicted molar refractivity (Wildman–Crippen MR) is 118 cm³/mol. The molecule has 27 heavy (non-hydrogen) atoms. The number of thioether (sulfide) groups is 1. The minimum atomic E-state index is 0.544. The zero-order valence-corrected chi connectivity index (χ0v) is 18.2. The third kappa shape index (κ3) is 6.06. The van der Waals surface area contributed by atoms with Crippen LogP contribution in [0.5, 0.6) is 0 Å². The van der Waals surface area contributed by atoms with Gasteiger partial charge in [0.1, 0.15) is 23.0 Å². The van der Waals surface area contributed by atoms with Crippen molar-refractivity contribution >= 4 is 34.8 Å². The quantitative estimate of drug-likeness (QED) is 0.330. The summed E-state index contributed by atoms with van der Waals surface area (Å²) < 4.78 is 5.35. The summed E-state index contributed by atoms with van der Waals surface area (Å²) in [5, 5.41) is 0.705. The maximum atomic E-state index is 5.74. The second kappa shape index (κ2) is 10.7. The van der Waals surface area contributed by atoms with Crippen LogP contribution in [0.4, 0.5) is 17.3 Å². The van der Waals surface area contributed by atoms with Gasteiger partial charge in [-0.05, 0) is 17.7 Å². The van der Waals surface area contributed by atoms with E-state index < -0.39 is 0 Å². The Labute approximate surface area is 167 Å². The Bertz CT molecular complexity index is 716. The minimum absolute atomic E-state index is 0.544. The van der Waals surface area contributed by atoms with Crippen molar-refractivity contribution in [3.05, 3.63) is 42.0 Å². The van der Waals surface area contributed by atoms with Gasteiger partial charge < -0.3 is 20.3 Å². The molecule has 6 nitrogen and oxygen atoms in total. The number of methoxy groups -OCH3 is 1. The normalized spacial score (nSPS) is 9.89. The van der Waals surface area contributed by atoms with Crippen LogP contribution in [0.2, 0.25) is 0 Å². The number of hydrogen-bond acceptors (Lipinski definition) is 7. The molecule has 0 bridgehead atoms. The second-order valence-corrected chi connectivity index (χ2v) is 6.92. The van der Waals surface area contributed by atoms with Gasteiger partial charge in [-0.1, -0.05) is 44.3 Å².